The predicted octanol–water partition coefficient (Wildman–Crippen LogP) is 3.98. The Morgan fingerprint density at radius 1 is 1.03 bits per heavy atom. The first-order valence-corrected chi connectivity index (χ1v) is 12.1. The quantitative estimate of drug-likeness (QED) is 0.389. The van der Waals surface area contributed by atoms with E-state index in [9.17, 15) is 13.8 Å². The monoisotopic (exact) mass is 464 g/mol. The van der Waals surface area contributed by atoms with Crippen molar-refractivity contribution in [1.29, 1.82) is 0 Å². The van der Waals surface area contributed by atoms with E-state index in [2.05, 4.69) is 0 Å². The Morgan fingerprint density at radius 3 is 2.19 bits per heavy atom. The second-order valence-electron chi connectivity index (χ2n) is 7.33. The molecule has 6 nitrogen and oxygen atoms in total. The van der Waals surface area contributed by atoms with Crippen molar-refractivity contribution in [2.24, 2.45) is 0 Å². The molecule has 8 heteroatoms. The Hall–Kier alpha value is -2.32. The molecule has 0 aliphatic carbocycles. The molecular weight excluding hydrogens is 436 g/mol. The second kappa shape index (κ2) is 10.8. The number of thioether (sulfide) groups is 1. The molecular formula is C23H28O6S2. The zero-order chi connectivity index (χ0) is 23.2. The molecule has 0 aromatic heterocycles. The summed E-state index contributed by atoms with van der Waals surface area (Å²) in [5, 5.41) is 0. The maximum Gasteiger partial charge on any atom is 0.320 e. The van der Waals surface area contributed by atoms with Gasteiger partial charge in [0.2, 0.25) is 0 Å². The Labute approximate surface area is 190 Å². The van der Waals surface area contributed by atoms with Gasteiger partial charge in [0.05, 0.1) is 26.1 Å². The fourth-order valence-corrected chi connectivity index (χ4v) is 4.52. The molecule has 2 aromatic rings. The lowest BCUT2D eigenvalue weighted by Crippen LogP contribution is -2.37. The van der Waals surface area contributed by atoms with Crippen LogP contribution >= 0.6 is 11.8 Å². The van der Waals surface area contributed by atoms with Gasteiger partial charge in [-0.2, -0.15) is 0 Å². The minimum atomic E-state index is -1.22. The third-order valence-corrected chi connectivity index (χ3v) is 7.22. The summed E-state index contributed by atoms with van der Waals surface area (Å²) in [6.45, 7) is 3.59. The molecule has 0 saturated carbocycles. The Balaban J connectivity index is 2.33. The molecule has 2 atom stereocenters. The number of hydrogen-bond donors (Lipinski definition) is 0. The summed E-state index contributed by atoms with van der Waals surface area (Å²) in [6.07, 6.45) is 1.55. The molecule has 168 valence electrons. The van der Waals surface area contributed by atoms with Crippen molar-refractivity contribution in [2.45, 2.75) is 35.2 Å². The highest BCUT2D eigenvalue weighted by atomic mass is 32.2. The van der Waals surface area contributed by atoms with Crippen LogP contribution < -0.4 is 9.47 Å². The summed E-state index contributed by atoms with van der Waals surface area (Å²) in [5.74, 6) is -0.432. The van der Waals surface area contributed by atoms with Gasteiger partial charge >= 0.3 is 5.97 Å². The first-order chi connectivity index (χ1) is 14.6. The highest BCUT2D eigenvalue weighted by Gasteiger charge is 2.41. The second-order valence-corrected chi connectivity index (χ2v) is 10.3. The lowest BCUT2D eigenvalue weighted by molar-refractivity contribution is -0.146. The highest BCUT2D eigenvalue weighted by Crippen LogP contribution is 2.38. The number of esters is 1. The van der Waals surface area contributed by atoms with E-state index in [-0.39, 0.29) is 5.78 Å². The van der Waals surface area contributed by atoms with Gasteiger partial charge < -0.3 is 14.2 Å². The molecule has 0 amide bonds. The molecule has 2 rings (SSSR count). The van der Waals surface area contributed by atoms with E-state index in [0.717, 1.165) is 11.3 Å². The van der Waals surface area contributed by atoms with Gasteiger partial charge in [-0.15, -0.1) is 11.8 Å². The van der Waals surface area contributed by atoms with Crippen molar-refractivity contribution in [3.8, 4) is 11.5 Å². The van der Waals surface area contributed by atoms with Crippen LogP contribution in [0.4, 0.5) is 0 Å². The van der Waals surface area contributed by atoms with Gasteiger partial charge in [0.15, 0.2) is 5.78 Å². The minimum Gasteiger partial charge on any atom is -0.497 e. The topological polar surface area (TPSA) is 78.9 Å². The van der Waals surface area contributed by atoms with E-state index < -0.39 is 27.4 Å². The summed E-state index contributed by atoms with van der Waals surface area (Å²) in [7, 11) is 3.09. The maximum atomic E-state index is 13.5. The van der Waals surface area contributed by atoms with Crippen LogP contribution in [0.15, 0.2) is 47.4 Å². The van der Waals surface area contributed by atoms with E-state index >= 15 is 0 Å². The van der Waals surface area contributed by atoms with Gasteiger partial charge in [-0.25, -0.2) is 0 Å². The third-order valence-electron chi connectivity index (χ3n) is 4.90. The molecule has 0 N–H and O–H groups in total. The molecule has 0 saturated heterocycles. The summed E-state index contributed by atoms with van der Waals surface area (Å²) in [4.78, 5) is 26.7. The van der Waals surface area contributed by atoms with Crippen molar-refractivity contribution in [3.05, 3.63) is 53.6 Å². The molecule has 0 radical (unpaired) electrons. The van der Waals surface area contributed by atoms with E-state index in [1.54, 1.807) is 45.4 Å². The fraction of sp³-hybridized carbons (Fsp3) is 0.391. The maximum absolute atomic E-state index is 13.5. The molecule has 31 heavy (non-hydrogen) atoms. The van der Waals surface area contributed by atoms with Crippen LogP contribution in [0.5, 0.6) is 11.5 Å². The van der Waals surface area contributed by atoms with Crippen LogP contribution in [0, 0.1) is 0 Å². The summed E-state index contributed by atoms with van der Waals surface area (Å²) in [6, 6.07) is 12.5. The summed E-state index contributed by atoms with van der Waals surface area (Å²) >= 11 is 1.44. The van der Waals surface area contributed by atoms with Gasteiger partial charge in [0.25, 0.3) is 0 Å². The first kappa shape index (κ1) is 24.9. The van der Waals surface area contributed by atoms with Crippen molar-refractivity contribution >= 4 is 34.3 Å². The van der Waals surface area contributed by atoms with Gasteiger partial charge in [-0.3, -0.25) is 13.8 Å². The molecule has 0 heterocycles. The molecule has 0 fully saturated rings. The Morgan fingerprint density at radius 2 is 1.68 bits per heavy atom. The zero-order valence-electron chi connectivity index (χ0n) is 18.6. The summed E-state index contributed by atoms with van der Waals surface area (Å²) < 4.78 is 26.5. The number of hydrogen-bond acceptors (Lipinski definition) is 7. The van der Waals surface area contributed by atoms with Gasteiger partial charge in [0, 0.05) is 33.3 Å². The average Bonchev–Trinajstić information content (AvgIpc) is 2.77. The number of carbonyl (C=O) groups is 2. The molecule has 0 bridgehead atoms. The standard InChI is InChI=1S/C23H28O6S2/c1-23(2,30-14-15-7-9-16(27-3)10-8-15)21(24)20(22(25)29-5)18-12-11-17(31(6)26)13-19(18)28-4/h7-13,20H,14H2,1-6H3. The Bertz CT molecular complexity index is 953. The van der Waals surface area contributed by atoms with Crippen molar-refractivity contribution < 1.29 is 28.0 Å². The zero-order valence-corrected chi connectivity index (χ0v) is 20.2. The van der Waals surface area contributed by atoms with Gasteiger partial charge in [0.1, 0.15) is 17.4 Å². The predicted molar refractivity (Wildman–Crippen MR) is 123 cm³/mol. The lowest BCUT2D eigenvalue weighted by atomic mass is 9.87. The van der Waals surface area contributed by atoms with Crippen LogP contribution in [-0.2, 0) is 30.9 Å². The third kappa shape index (κ3) is 6.11. The number of carbonyl (C=O) groups excluding carboxylic acids is 2. The molecule has 0 spiro atoms. The van der Waals surface area contributed by atoms with Crippen molar-refractivity contribution in [2.75, 3.05) is 27.6 Å². The highest BCUT2D eigenvalue weighted by molar-refractivity contribution is 8.00. The summed E-state index contributed by atoms with van der Waals surface area (Å²) in [5.41, 5.74) is 1.43. The number of Topliss-reactive ketones (excluding diaryl/α,β-unsaturated/α-hetero) is 1. The van der Waals surface area contributed by atoms with Crippen LogP contribution in [0.25, 0.3) is 0 Å². The van der Waals surface area contributed by atoms with Crippen LogP contribution in [-0.4, -0.2) is 48.3 Å². The van der Waals surface area contributed by atoms with E-state index in [0.29, 0.717) is 22.0 Å². The lowest BCUT2D eigenvalue weighted by Gasteiger charge is -2.28. The largest absolute Gasteiger partial charge is 0.497 e. The van der Waals surface area contributed by atoms with E-state index in [4.69, 9.17) is 14.2 Å². The molecule has 0 aliphatic rings. The number of methoxy groups -OCH3 is 3. The smallest absolute Gasteiger partial charge is 0.320 e. The number of rotatable bonds is 10. The SMILES string of the molecule is COC(=O)C(C(=O)C(C)(C)SCc1ccc(OC)cc1)c1ccc(S(C)=O)cc1OC. The fourth-order valence-electron chi connectivity index (χ4n) is 3.01. The normalized spacial score (nSPS) is 13.2. The van der Waals surface area contributed by atoms with Gasteiger partial charge in [-0.1, -0.05) is 18.2 Å². The molecule has 2 aromatic carbocycles. The van der Waals surface area contributed by atoms with Crippen LogP contribution in [0.1, 0.15) is 30.9 Å². The first-order valence-electron chi connectivity index (χ1n) is 9.55. The number of benzene rings is 2. The number of ether oxygens (including phenoxy) is 3. The van der Waals surface area contributed by atoms with Crippen LogP contribution in [0.3, 0.4) is 0 Å². The minimum absolute atomic E-state index is 0.290. The van der Waals surface area contributed by atoms with Crippen molar-refractivity contribution in [3.63, 3.8) is 0 Å². The number of ketones is 1. The van der Waals surface area contributed by atoms with Crippen molar-refractivity contribution in [1.82, 2.24) is 0 Å². The van der Waals surface area contributed by atoms with E-state index in [1.807, 2.05) is 24.3 Å². The molecule has 2 unspecified atom stereocenters. The van der Waals surface area contributed by atoms with Gasteiger partial charge in [-0.05, 0) is 43.7 Å². The molecule has 0 aliphatic heterocycles. The Kier molecular flexibility index (Phi) is 8.70. The van der Waals surface area contributed by atoms with Crippen LogP contribution in [0.2, 0.25) is 0 Å². The average molecular weight is 465 g/mol. The van der Waals surface area contributed by atoms with E-state index in [1.165, 1.54) is 26.0 Å².